The largest absolute Gasteiger partial charge is 0.492 e. The van der Waals surface area contributed by atoms with Crippen LogP contribution >= 0.6 is 0 Å². The molecule has 2 aromatic rings. The second-order valence-corrected chi connectivity index (χ2v) is 7.34. The van der Waals surface area contributed by atoms with Gasteiger partial charge in [0.05, 0.1) is 24.3 Å². The summed E-state index contributed by atoms with van der Waals surface area (Å²) in [5.74, 6) is 0.315. The number of nitrogens with one attached hydrogen (secondary N) is 1. The number of ether oxygens (including phenoxy) is 1. The zero-order valence-electron chi connectivity index (χ0n) is 16.6. The van der Waals surface area contributed by atoms with E-state index in [9.17, 15) is 9.59 Å². The van der Waals surface area contributed by atoms with Gasteiger partial charge >= 0.3 is 0 Å². The Balaban J connectivity index is 1.53. The predicted molar refractivity (Wildman–Crippen MR) is 110 cm³/mol. The number of nitrogens with zero attached hydrogens (tertiary/aromatic N) is 3. The number of aromatic nitrogens is 1. The van der Waals surface area contributed by atoms with Crippen molar-refractivity contribution >= 4 is 17.5 Å². The molecule has 7 heteroatoms. The highest BCUT2D eigenvalue weighted by Crippen LogP contribution is 2.34. The lowest BCUT2D eigenvalue weighted by atomic mass is 10.0. The first-order chi connectivity index (χ1) is 14.2. The smallest absolute Gasteiger partial charge is 0.228 e. The Morgan fingerprint density at radius 2 is 2.14 bits per heavy atom. The van der Waals surface area contributed by atoms with Crippen molar-refractivity contribution in [3.8, 4) is 5.75 Å². The number of para-hydroxylation sites is 2. The lowest BCUT2D eigenvalue weighted by Gasteiger charge is -2.37. The number of piperazine rings is 1. The van der Waals surface area contributed by atoms with Gasteiger partial charge in [0, 0.05) is 45.0 Å². The maximum Gasteiger partial charge on any atom is 0.228 e. The Bertz CT molecular complexity index is 873. The average Bonchev–Trinajstić information content (AvgIpc) is 3.16. The van der Waals surface area contributed by atoms with E-state index in [4.69, 9.17) is 4.74 Å². The van der Waals surface area contributed by atoms with E-state index in [-0.39, 0.29) is 30.2 Å². The molecule has 7 nitrogen and oxygen atoms in total. The van der Waals surface area contributed by atoms with Gasteiger partial charge in [-0.1, -0.05) is 18.2 Å². The van der Waals surface area contributed by atoms with Gasteiger partial charge in [-0.2, -0.15) is 0 Å². The van der Waals surface area contributed by atoms with Gasteiger partial charge in [-0.05, 0) is 30.7 Å². The van der Waals surface area contributed by atoms with Gasteiger partial charge in [0.15, 0.2) is 0 Å². The fraction of sp³-hybridized carbons (Fsp3) is 0.409. The topological polar surface area (TPSA) is 74.8 Å². The number of pyridine rings is 1. The van der Waals surface area contributed by atoms with Crippen molar-refractivity contribution in [1.29, 1.82) is 0 Å². The van der Waals surface area contributed by atoms with Crippen molar-refractivity contribution in [1.82, 2.24) is 15.2 Å². The molecule has 2 amide bonds. The van der Waals surface area contributed by atoms with Gasteiger partial charge < -0.3 is 19.9 Å². The molecule has 0 aliphatic carbocycles. The molecule has 0 bridgehead atoms. The Hall–Kier alpha value is -2.93. The van der Waals surface area contributed by atoms with Gasteiger partial charge in [0.25, 0.3) is 0 Å². The third kappa shape index (κ3) is 3.96. The number of hydrogen-bond donors (Lipinski definition) is 1. The predicted octanol–water partition coefficient (Wildman–Crippen LogP) is 2.01. The molecular formula is C22H26N4O3. The van der Waals surface area contributed by atoms with Gasteiger partial charge in [0.1, 0.15) is 5.75 Å². The van der Waals surface area contributed by atoms with Crippen LogP contribution in [0.4, 0.5) is 5.69 Å². The van der Waals surface area contributed by atoms with Crippen LogP contribution in [-0.2, 0) is 9.59 Å². The first-order valence-corrected chi connectivity index (χ1v) is 10.1. The Morgan fingerprint density at radius 1 is 1.28 bits per heavy atom. The number of rotatable bonds is 5. The molecule has 0 saturated carbocycles. The summed E-state index contributed by atoms with van der Waals surface area (Å²) in [5.41, 5.74) is 1.75. The highest BCUT2D eigenvalue weighted by atomic mass is 16.5. The van der Waals surface area contributed by atoms with E-state index in [1.54, 1.807) is 11.1 Å². The van der Waals surface area contributed by atoms with Crippen LogP contribution in [0.25, 0.3) is 0 Å². The van der Waals surface area contributed by atoms with Crippen molar-refractivity contribution < 1.29 is 14.3 Å². The molecule has 0 radical (unpaired) electrons. The molecule has 2 aliphatic heterocycles. The maximum absolute atomic E-state index is 13.4. The van der Waals surface area contributed by atoms with Crippen LogP contribution in [0.3, 0.4) is 0 Å². The van der Waals surface area contributed by atoms with E-state index in [1.165, 1.54) is 0 Å². The van der Waals surface area contributed by atoms with Gasteiger partial charge in [-0.25, -0.2) is 0 Å². The van der Waals surface area contributed by atoms with Gasteiger partial charge in [-0.15, -0.1) is 0 Å². The standard InChI is InChI=1S/C22H26N4O3/c1-2-29-20-8-4-3-7-18(20)26-15-17(12-21(26)27)22(28)25-11-10-24-14-19(25)16-6-5-9-23-13-16/h3-9,13,17,19,24H,2,10-12,14-15H2,1H3. The molecule has 2 fully saturated rings. The van der Waals surface area contributed by atoms with Gasteiger partial charge in [0.2, 0.25) is 11.8 Å². The van der Waals surface area contributed by atoms with E-state index >= 15 is 0 Å². The van der Waals surface area contributed by atoms with E-state index in [1.807, 2.05) is 54.4 Å². The summed E-state index contributed by atoms with van der Waals surface area (Å²) in [5, 5.41) is 3.36. The zero-order chi connectivity index (χ0) is 20.2. The highest BCUT2D eigenvalue weighted by Gasteiger charge is 2.40. The fourth-order valence-electron chi connectivity index (χ4n) is 4.14. The Kier molecular flexibility index (Phi) is 5.76. The number of amides is 2. The minimum Gasteiger partial charge on any atom is -0.492 e. The number of carbonyl (C=O) groups excluding carboxylic acids is 2. The molecule has 2 unspecified atom stereocenters. The van der Waals surface area contributed by atoms with Crippen molar-refractivity contribution in [3.05, 3.63) is 54.4 Å². The van der Waals surface area contributed by atoms with Crippen molar-refractivity contribution in [2.45, 2.75) is 19.4 Å². The third-order valence-corrected chi connectivity index (χ3v) is 5.53. The second-order valence-electron chi connectivity index (χ2n) is 7.34. The molecule has 152 valence electrons. The molecule has 2 saturated heterocycles. The van der Waals surface area contributed by atoms with Crippen LogP contribution in [0.5, 0.6) is 5.75 Å². The van der Waals surface area contributed by atoms with Crippen LogP contribution in [0, 0.1) is 5.92 Å². The van der Waals surface area contributed by atoms with Crippen LogP contribution in [-0.4, -0.2) is 54.5 Å². The summed E-state index contributed by atoms with van der Waals surface area (Å²) < 4.78 is 5.68. The van der Waals surface area contributed by atoms with Crippen molar-refractivity contribution in [3.63, 3.8) is 0 Å². The summed E-state index contributed by atoms with van der Waals surface area (Å²) in [6.07, 6.45) is 3.76. The number of anilines is 1. The molecule has 2 atom stereocenters. The molecule has 3 heterocycles. The highest BCUT2D eigenvalue weighted by molar-refractivity contribution is 6.01. The van der Waals surface area contributed by atoms with E-state index in [0.717, 1.165) is 17.8 Å². The Morgan fingerprint density at radius 3 is 2.93 bits per heavy atom. The number of benzene rings is 1. The summed E-state index contributed by atoms with van der Waals surface area (Å²) in [6.45, 7) is 4.88. The number of hydrogen-bond acceptors (Lipinski definition) is 5. The SMILES string of the molecule is CCOc1ccccc1N1CC(C(=O)N2CCNCC2c2cccnc2)CC1=O. The Labute approximate surface area is 170 Å². The van der Waals surface area contributed by atoms with Crippen LogP contribution < -0.4 is 15.0 Å². The van der Waals surface area contributed by atoms with Crippen molar-refractivity contribution in [2.75, 3.05) is 37.7 Å². The summed E-state index contributed by atoms with van der Waals surface area (Å²) in [6, 6.07) is 11.3. The molecule has 1 N–H and O–H groups in total. The average molecular weight is 394 g/mol. The van der Waals surface area contributed by atoms with Crippen LogP contribution in [0.2, 0.25) is 0 Å². The minimum absolute atomic E-state index is 0.0325. The fourth-order valence-corrected chi connectivity index (χ4v) is 4.14. The third-order valence-electron chi connectivity index (χ3n) is 5.53. The minimum atomic E-state index is -0.352. The van der Waals surface area contributed by atoms with E-state index < -0.39 is 0 Å². The molecule has 1 aromatic heterocycles. The lowest BCUT2D eigenvalue weighted by Crippen LogP contribution is -2.50. The lowest BCUT2D eigenvalue weighted by molar-refractivity contribution is -0.139. The molecule has 4 rings (SSSR count). The monoisotopic (exact) mass is 394 g/mol. The van der Waals surface area contributed by atoms with E-state index in [0.29, 0.717) is 32.0 Å². The zero-order valence-corrected chi connectivity index (χ0v) is 16.6. The van der Waals surface area contributed by atoms with Crippen LogP contribution in [0.1, 0.15) is 24.9 Å². The van der Waals surface area contributed by atoms with E-state index in [2.05, 4.69) is 10.3 Å². The molecule has 1 aromatic carbocycles. The molecule has 2 aliphatic rings. The summed E-state index contributed by atoms with van der Waals surface area (Å²) in [7, 11) is 0. The van der Waals surface area contributed by atoms with Crippen molar-refractivity contribution in [2.24, 2.45) is 5.92 Å². The quantitative estimate of drug-likeness (QED) is 0.840. The van der Waals surface area contributed by atoms with Crippen LogP contribution in [0.15, 0.2) is 48.8 Å². The summed E-state index contributed by atoms with van der Waals surface area (Å²) >= 11 is 0. The molecule has 29 heavy (non-hydrogen) atoms. The van der Waals surface area contributed by atoms with Gasteiger partial charge in [-0.3, -0.25) is 14.6 Å². The molecule has 0 spiro atoms. The molecular weight excluding hydrogens is 368 g/mol. The second kappa shape index (κ2) is 8.61. The summed E-state index contributed by atoms with van der Waals surface area (Å²) in [4.78, 5) is 33.9. The first-order valence-electron chi connectivity index (χ1n) is 10.1. The number of carbonyl (C=O) groups is 2. The normalized spacial score (nSPS) is 22.0. The first kappa shape index (κ1) is 19.4. The maximum atomic E-state index is 13.4.